The molecule has 37 heavy (non-hydrogen) atoms. The van der Waals surface area contributed by atoms with E-state index in [9.17, 15) is 9.59 Å². The Morgan fingerprint density at radius 2 is 1.81 bits per heavy atom. The molecule has 0 amide bonds. The molecule has 1 aliphatic rings. The molecule has 3 heterocycles. The minimum absolute atomic E-state index is 0.190. The number of esters is 1. The van der Waals surface area contributed by atoms with Crippen LogP contribution in [0.4, 0.5) is 0 Å². The zero-order valence-corrected chi connectivity index (χ0v) is 22.4. The maximum Gasteiger partial charge on any atom is 0.338 e. The highest BCUT2D eigenvalue weighted by Crippen LogP contribution is 2.35. The summed E-state index contributed by atoms with van der Waals surface area (Å²) < 4.78 is 13.3. The fraction of sp³-hybridized carbons (Fsp3) is 0.207. The molecule has 4 aromatic rings. The van der Waals surface area contributed by atoms with Gasteiger partial charge in [-0.2, -0.15) is 0 Å². The van der Waals surface area contributed by atoms with Gasteiger partial charge in [-0.25, -0.2) is 9.79 Å². The van der Waals surface area contributed by atoms with E-state index in [1.54, 1.807) is 22.8 Å². The molecule has 0 N–H and O–H groups in total. The predicted molar refractivity (Wildman–Crippen MR) is 148 cm³/mol. The lowest BCUT2D eigenvalue weighted by Crippen LogP contribution is -2.40. The summed E-state index contributed by atoms with van der Waals surface area (Å²) in [6.07, 6.45) is 1.91. The van der Waals surface area contributed by atoms with Crippen molar-refractivity contribution in [1.29, 1.82) is 0 Å². The summed E-state index contributed by atoms with van der Waals surface area (Å²) in [6, 6.07) is 18.4. The summed E-state index contributed by atoms with van der Waals surface area (Å²) in [7, 11) is 0. The highest BCUT2D eigenvalue weighted by atomic mass is 32.1. The number of aryl methyl sites for hydroxylation is 1. The quantitative estimate of drug-likeness (QED) is 0.325. The average Bonchev–Trinajstić information content (AvgIpc) is 3.46. The molecule has 0 bridgehead atoms. The van der Waals surface area contributed by atoms with Gasteiger partial charge in [0.15, 0.2) is 4.80 Å². The Morgan fingerprint density at radius 1 is 1.05 bits per heavy atom. The number of benzene rings is 2. The van der Waals surface area contributed by atoms with Crippen LogP contribution in [0.2, 0.25) is 0 Å². The summed E-state index contributed by atoms with van der Waals surface area (Å²) in [5.41, 5.74) is 3.32. The molecular weight excluding hydrogens is 504 g/mol. The molecule has 8 heteroatoms. The maximum absolute atomic E-state index is 13.9. The Hall–Kier alpha value is -3.75. The lowest BCUT2D eigenvalue weighted by Gasteiger charge is -2.26. The number of thiazole rings is 1. The number of fused-ring (bicyclic) bond motifs is 1. The van der Waals surface area contributed by atoms with Crippen molar-refractivity contribution in [1.82, 2.24) is 4.57 Å². The van der Waals surface area contributed by atoms with Crippen molar-refractivity contribution in [2.24, 2.45) is 4.99 Å². The second-order valence-electron chi connectivity index (χ2n) is 8.40. The zero-order valence-electron chi connectivity index (χ0n) is 20.8. The number of aromatic nitrogens is 1. The third-order valence-corrected chi connectivity index (χ3v) is 7.99. The predicted octanol–water partition coefficient (Wildman–Crippen LogP) is 4.70. The fourth-order valence-corrected chi connectivity index (χ4v) is 6.24. The number of ether oxygens (including phenoxy) is 2. The minimum atomic E-state index is -0.701. The number of rotatable bonds is 7. The number of carbonyl (C=O) groups excluding carboxylic acids is 1. The zero-order chi connectivity index (χ0) is 25.9. The van der Waals surface area contributed by atoms with E-state index >= 15 is 0 Å². The minimum Gasteiger partial charge on any atom is -0.494 e. The Labute approximate surface area is 222 Å². The van der Waals surface area contributed by atoms with Crippen molar-refractivity contribution in [3.05, 3.63) is 113 Å². The molecule has 2 aromatic heterocycles. The third-order valence-electron chi connectivity index (χ3n) is 6.04. The van der Waals surface area contributed by atoms with Gasteiger partial charge in [0, 0.05) is 10.4 Å². The van der Waals surface area contributed by atoms with Crippen LogP contribution >= 0.6 is 22.7 Å². The standard InChI is InChI=1S/C29H26N2O4S2/c1-4-34-21-13-11-20(12-14-21)26-24(28(33)35-5-2)25(19-9-7-6-8-10-19)30-29-31(26)27(32)23(37-29)17-22-18(3)15-16-36-22/h6-17,26H,4-5H2,1-3H3/b23-17-/t26-/m1/s1. The molecule has 6 nitrogen and oxygen atoms in total. The fourth-order valence-electron chi connectivity index (χ4n) is 4.32. The topological polar surface area (TPSA) is 69.9 Å². The van der Waals surface area contributed by atoms with Gasteiger partial charge >= 0.3 is 5.97 Å². The molecular formula is C29H26N2O4S2. The van der Waals surface area contributed by atoms with E-state index in [2.05, 4.69) is 0 Å². The first-order chi connectivity index (χ1) is 18.0. The van der Waals surface area contributed by atoms with Crippen LogP contribution in [0.1, 0.15) is 41.5 Å². The highest BCUT2D eigenvalue weighted by Gasteiger charge is 2.35. The van der Waals surface area contributed by atoms with Gasteiger partial charge in [0.2, 0.25) is 0 Å². The molecule has 0 radical (unpaired) electrons. The first-order valence-electron chi connectivity index (χ1n) is 12.1. The summed E-state index contributed by atoms with van der Waals surface area (Å²) in [5.74, 6) is 0.226. The summed E-state index contributed by atoms with van der Waals surface area (Å²) in [5, 5.41) is 2.01. The largest absolute Gasteiger partial charge is 0.494 e. The van der Waals surface area contributed by atoms with Gasteiger partial charge in [0.05, 0.1) is 35.1 Å². The van der Waals surface area contributed by atoms with E-state index in [1.165, 1.54) is 11.3 Å². The van der Waals surface area contributed by atoms with Crippen molar-refractivity contribution in [2.45, 2.75) is 26.8 Å². The molecule has 5 rings (SSSR count). The molecule has 1 atom stereocenters. The second kappa shape index (κ2) is 10.7. The van der Waals surface area contributed by atoms with Crippen LogP contribution in [0.5, 0.6) is 5.75 Å². The van der Waals surface area contributed by atoms with Gasteiger partial charge in [-0.1, -0.05) is 53.8 Å². The molecule has 1 aliphatic heterocycles. The molecule has 2 aromatic carbocycles. The number of carbonyl (C=O) groups is 1. The van der Waals surface area contributed by atoms with Gasteiger partial charge in [0.25, 0.3) is 5.56 Å². The molecule has 0 spiro atoms. The van der Waals surface area contributed by atoms with Crippen molar-refractivity contribution in [3.63, 3.8) is 0 Å². The van der Waals surface area contributed by atoms with E-state index in [0.29, 0.717) is 27.2 Å². The van der Waals surface area contributed by atoms with Crippen LogP contribution in [-0.4, -0.2) is 23.8 Å². The Balaban J connectivity index is 1.81. The van der Waals surface area contributed by atoms with Crippen LogP contribution in [0.25, 0.3) is 11.8 Å². The van der Waals surface area contributed by atoms with Crippen LogP contribution in [0, 0.1) is 6.92 Å². The van der Waals surface area contributed by atoms with Crippen LogP contribution in [0.3, 0.4) is 0 Å². The molecule has 0 fully saturated rings. The third kappa shape index (κ3) is 4.82. The maximum atomic E-state index is 13.9. The van der Waals surface area contributed by atoms with E-state index in [-0.39, 0.29) is 12.2 Å². The van der Waals surface area contributed by atoms with E-state index < -0.39 is 12.0 Å². The molecule has 0 unspecified atom stereocenters. The second-order valence-corrected chi connectivity index (χ2v) is 10.4. The Morgan fingerprint density at radius 3 is 2.46 bits per heavy atom. The molecule has 0 saturated carbocycles. The monoisotopic (exact) mass is 530 g/mol. The Bertz CT molecular complexity index is 1640. The highest BCUT2D eigenvalue weighted by molar-refractivity contribution is 7.11. The summed E-state index contributed by atoms with van der Waals surface area (Å²) in [4.78, 5) is 33.8. The van der Waals surface area contributed by atoms with E-state index in [0.717, 1.165) is 27.3 Å². The number of hydrogen-bond acceptors (Lipinski definition) is 7. The van der Waals surface area contributed by atoms with Gasteiger partial charge in [0.1, 0.15) is 5.75 Å². The normalized spacial score (nSPS) is 15.3. The molecule has 0 aliphatic carbocycles. The number of thiophene rings is 1. The average molecular weight is 531 g/mol. The molecule has 0 saturated heterocycles. The van der Waals surface area contributed by atoms with Crippen molar-refractivity contribution in [2.75, 3.05) is 13.2 Å². The van der Waals surface area contributed by atoms with E-state index in [4.69, 9.17) is 14.5 Å². The first-order valence-corrected chi connectivity index (χ1v) is 13.8. The van der Waals surface area contributed by atoms with Gasteiger partial charge in [-0.05, 0) is 61.6 Å². The van der Waals surface area contributed by atoms with Gasteiger partial charge < -0.3 is 9.47 Å². The number of nitrogens with zero attached hydrogens (tertiary/aromatic N) is 2. The summed E-state index contributed by atoms with van der Waals surface area (Å²) >= 11 is 2.91. The van der Waals surface area contributed by atoms with Crippen molar-refractivity contribution >= 4 is 40.4 Å². The smallest absolute Gasteiger partial charge is 0.338 e. The molecule has 188 valence electrons. The summed E-state index contributed by atoms with van der Waals surface area (Å²) in [6.45, 7) is 6.47. The SMILES string of the molecule is CCOC(=O)C1=C(c2ccccc2)N=c2s/c(=C\c3sccc3C)c(=O)n2[C@@H]1c1ccc(OCC)cc1. The van der Waals surface area contributed by atoms with Crippen molar-refractivity contribution in [3.8, 4) is 5.75 Å². The van der Waals surface area contributed by atoms with Gasteiger partial charge in [-0.3, -0.25) is 9.36 Å². The lowest BCUT2D eigenvalue weighted by molar-refractivity contribution is -0.138. The van der Waals surface area contributed by atoms with Crippen LogP contribution in [-0.2, 0) is 9.53 Å². The van der Waals surface area contributed by atoms with Crippen LogP contribution < -0.4 is 19.6 Å². The lowest BCUT2D eigenvalue weighted by atomic mass is 9.93. The van der Waals surface area contributed by atoms with Gasteiger partial charge in [-0.15, -0.1) is 11.3 Å². The van der Waals surface area contributed by atoms with Crippen LogP contribution in [0.15, 0.2) is 81.4 Å². The van der Waals surface area contributed by atoms with E-state index in [1.807, 2.05) is 86.0 Å². The Kier molecular flexibility index (Phi) is 7.21. The number of hydrogen-bond donors (Lipinski definition) is 0. The first kappa shape index (κ1) is 24.9. The van der Waals surface area contributed by atoms with Crippen molar-refractivity contribution < 1.29 is 14.3 Å².